The lowest BCUT2D eigenvalue weighted by molar-refractivity contribution is 0.594. The smallest absolute Gasteiger partial charge is 0.264 e. The van der Waals surface area contributed by atoms with Crippen LogP contribution in [-0.2, 0) is 6.67 Å². The van der Waals surface area contributed by atoms with Crippen LogP contribution in [0.1, 0.15) is 0 Å². The zero-order valence-corrected chi connectivity index (χ0v) is 10.0. The van der Waals surface area contributed by atoms with Crippen LogP contribution in [0.25, 0.3) is 10.9 Å². The first-order chi connectivity index (χ1) is 7.65. The minimum atomic E-state index is -0.241. The summed E-state index contributed by atoms with van der Waals surface area (Å²) in [4.78, 5) is 16.2. The second kappa shape index (κ2) is 4.41. The zero-order chi connectivity index (χ0) is 11.7. The Morgan fingerprint density at radius 1 is 1.44 bits per heavy atom. The molecule has 2 aromatic rings. The SMILES string of the molecule is CNCn1c(Cl)nc2cccc(Cl)c2c1=O. The Morgan fingerprint density at radius 2 is 2.19 bits per heavy atom. The normalized spacial score (nSPS) is 10.9. The summed E-state index contributed by atoms with van der Waals surface area (Å²) < 4.78 is 1.33. The summed E-state index contributed by atoms with van der Waals surface area (Å²) in [6.07, 6.45) is 0. The molecule has 4 nitrogen and oxygen atoms in total. The number of nitrogens with zero attached hydrogens (tertiary/aromatic N) is 2. The average Bonchev–Trinajstić information content (AvgIpc) is 2.24. The molecule has 0 saturated heterocycles. The highest BCUT2D eigenvalue weighted by atomic mass is 35.5. The fourth-order valence-corrected chi connectivity index (χ4v) is 1.97. The van der Waals surface area contributed by atoms with Gasteiger partial charge >= 0.3 is 0 Å². The number of rotatable bonds is 2. The molecule has 16 heavy (non-hydrogen) atoms. The largest absolute Gasteiger partial charge is 0.302 e. The molecule has 0 amide bonds. The molecule has 1 aromatic heterocycles. The number of benzene rings is 1. The molecule has 0 saturated carbocycles. The maximum absolute atomic E-state index is 12.1. The molecule has 2 rings (SSSR count). The van der Waals surface area contributed by atoms with E-state index in [1.54, 1.807) is 25.2 Å². The van der Waals surface area contributed by atoms with Gasteiger partial charge in [-0.1, -0.05) is 17.7 Å². The Morgan fingerprint density at radius 3 is 2.88 bits per heavy atom. The number of hydrogen-bond donors (Lipinski definition) is 1. The Bertz CT molecular complexity index is 594. The molecule has 0 bridgehead atoms. The lowest BCUT2D eigenvalue weighted by atomic mass is 10.2. The van der Waals surface area contributed by atoms with E-state index in [2.05, 4.69) is 10.3 Å². The molecular formula is C10H9Cl2N3O. The van der Waals surface area contributed by atoms with Crippen molar-refractivity contribution in [3.63, 3.8) is 0 Å². The van der Waals surface area contributed by atoms with Gasteiger partial charge in [-0.15, -0.1) is 0 Å². The molecule has 0 spiro atoms. The predicted molar refractivity (Wildman–Crippen MR) is 65.1 cm³/mol. The van der Waals surface area contributed by atoms with Crippen molar-refractivity contribution in [1.82, 2.24) is 14.9 Å². The third kappa shape index (κ3) is 1.80. The highest BCUT2D eigenvalue weighted by Crippen LogP contribution is 2.19. The number of fused-ring (bicyclic) bond motifs is 1. The van der Waals surface area contributed by atoms with Crippen LogP contribution in [0, 0.1) is 0 Å². The van der Waals surface area contributed by atoms with Crippen LogP contribution in [0.5, 0.6) is 0 Å². The van der Waals surface area contributed by atoms with Crippen molar-refractivity contribution in [2.45, 2.75) is 6.67 Å². The van der Waals surface area contributed by atoms with Crippen molar-refractivity contribution in [1.29, 1.82) is 0 Å². The van der Waals surface area contributed by atoms with Crippen molar-refractivity contribution < 1.29 is 0 Å². The van der Waals surface area contributed by atoms with Gasteiger partial charge in [-0.05, 0) is 30.8 Å². The van der Waals surface area contributed by atoms with Crippen LogP contribution in [0.15, 0.2) is 23.0 Å². The maximum atomic E-state index is 12.1. The molecule has 6 heteroatoms. The lowest BCUT2D eigenvalue weighted by Crippen LogP contribution is -2.27. The number of hydrogen-bond acceptors (Lipinski definition) is 3. The number of halogens is 2. The summed E-state index contributed by atoms with van der Waals surface area (Å²) in [7, 11) is 1.72. The van der Waals surface area contributed by atoms with Crippen LogP contribution in [0.2, 0.25) is 10.3 Å². The second-order valence-electron chi connectivity index (χ2n) is 3.26. The van der Waals surface area contributed by atoms with Crippen molar-refractivity contribution in [2.24, 2.45) is 0 Å². The van der Waals surface area contributed by atoms with Gasteiger partial charge in [-0.25, -0.2) is 4.98 Å². The van der Waals surface area contributed by atoms with Gasteiger partial charge in [0.05, 0.1) is 22.6 Å². The quantitative estimate of drug-likeness (QED) is 0.836. The van der Waals surface area contributed by atoms with Gasteiger partial charge in [0.25, 0.3) is 5.56 Å². The topological polar surface area (TPSA) is 46.9 Å². The van der Waals surface area contributed by atoms with Gasteiger partial charge < -0.3 is 5.32 Å². The first-order valence-electron chi connectivity index (χ1n) is 4.64. The first-order valence-corrected chi connectivity index (χ1v) is 5.40. The lowest BCUT2D eigenvalue weighted by Gasteiger charge is -2.08. The standard InChI is InChI=1S/C10H9Cl2N3O/c1-13-5-15-9(16)8-6(11)3-2-4-7(8)14-10(15)12/h2-4,13H,5H2,1H3. The van der Waals surface area contributed by atoms with Gasteiger partial charge in [0.2, 0.25) is 5.28 Å². The van der Waals surface area contributed by atoms with Gasteiger partial charge in [-0.2, -0.15) is 0 Å². The molecule has 0 aliphatic rings. The summed E-state index contributed by atoms with van der Waals surface area (Å²) in [5.41, 5.74) is 0.268. The van der Waals surface area contributed by atoms with Crippen molar-refractivity contribution in [3.8, 4) is 0 Å². The van der Waals surface area contributed by atoms with E-state index in [9.17, 15) is 4.79 Å². The Balaban J connectivity index is 2.86. The number of aromatic nitrogens is 2. The van der Waals surface area contributed by atoms with Crippen LogP contribution >= 0.6 is 23.2 Å². The third-order valence-corrected chi connectivity index (χ3v) is 2.81. The van der Waals surface area contributed by atoms with E-state index >= 15 is 0 Å². The monoisotopic (exact) mass is 257 g/mol. The minimum Gasteiger partial charge on any atom is -0.302 e. The van der Waals surface area contributed by atoms with Gasteiger partial charge in [0, 0.05) is 0 Å². The highest BCUT2D eigenvalue weighted by molar-refractivity contribution is 6.35. The highest BCUT2D eigenvalue weighted by Gasteiger charge is 2.10. The van der Waals surface area contributed by atoms with Crippen molar-refractivity contribution in [2.75, 3.05) is 7.05 Å². The van der Waals surface area contributed by atoms with Crippen molar-refractivity contribution >= 4 is 34.1 Å². The fraction of sp³-hybridized carbons (Fsp3) is 0.200. The zero-order valence-electron chi connectivity index (χ0n) is 8.50. The summed E-state index contributed by atoms with van der Waals surface area (Å²) in [6.45, 7) is 0.297. The molecule has 0 unspecified atom stereocenters. The summed E-state index contributed by atoms with van der Waals surface area (Å²) >= 11 is 11.9. The number of nitrogens with one attached hydrogen (secondary N) is 1. The fourth-order valence-electron chi connectivity index (χ4n) is 1.49. The Labute approximate surface area is 102 Å². The van der Waals surface area contributed by atoms with Gasteiger partial charge in [0.1, 0.15) is 0 Å². The molecular weight excluding hydrogens is 249 g/mol. The Hall–Kier alpha value is -1.10. The molecule has 0 radical (unpaired) electrons. The molecule has 1 aromatic carbocycles. The van der Waals surface area contributed by atoms with Crippen molar-refractivity contribution in [3.05, 3.63) is 38.9 Å². The summed E-state index contributed by atoms with van der Waals surface area (Å²) in [6, 6.07) is 5.10. The van der Waals surface area contributed by atoms with Crippen LogP contribution < -0.4 is 10.9 Å². The van der Waals surface area contributed by atoms with E-state index in [1.807, 2.05) is 0 Å². The summed E-state index contributed by atoms with van der Waals surface area (Å²) in [5.74, 6) is 0. The molecule has 0 atom stereocenters. The molecule has 0 aliphatic heterocycles. The van der Waals surface area contributed by atoms with Crippen LogP contribution in [0.4, 0.5) is 0 Å². The van der Waals surface area contributed by atoms with Gasteiger partial charge in [0.15, 0.2) is 0 Å². The van der Waals surface area contributed by atoms with Crippen LogP contribution in [0.3, 0.4) is 0 Å². The summed E-state index contributed by atoms with van der Waals surface area (Å²) in [5, 5.41) is 3.77. The third-order valence-electron chi connectivity index (χ3n) is 2.20. The van der Waals surface area contributed by atoms with E-state index in [4.69, 9.17) is 23.2 Å². The van der Waals surface area contributed by atoms with E-state index < -0.39 is 0 Å². The maximum Gasteiger partial charge on any atom is 0.264 e. The molecule has 84 valence electrons. The molecule has 1 heterocycles. The Kier molecular flexibility index (Phi) is 3.14. The predicted octanol–water partition coefficient (Wildman–Crippen LogP) is 1.88. The minimum absolute atomic E-state index is 0.147. The van der Waals surface area contributed by atoms with Gasteiger partial charge in [-0.3, -0.25) is 9.36 Å². The van der Waals surface area contributed by atoms with E-state index in [0.717, 1.165) is 0 Å². The molecule has 0 aliphatic carbocycles. The second-order valence-corrected chi connectivity index (χ2v) is 4.00. The van der Waals surface area contributed by atoms with Crippen LogP contribution in [-0.4, -0.2) is 16.6 Å². The average molecular weight is 258 g/mol. The van der Waals surface area contributed by atoms with E-state index in [1.165, 1.54) is 4.57 Å². The van der Waals surface area contributed by atoms with E-state index in [-0.39, 0.29) is 10.8 Å². The molecule has 1 N–H and O–H groups in total. The first kappa shape index (κ1) is 11.4. The van der Waals surface area contributed by atoms with E-state index in [0.29, 0.717) is 22.6 Å². The molecule has 0 fully saturated rings.